The molecule has 0 unspecified atom stereocenters. The van der Waals surface area contributed by atoms with Crippen molar-refractivity contribution in [3.8, 4) is 0 Å². The number of amides is 3. The van der Waals surface area contributed by atoms with Gasteiger partial charge in [-0.15, -0.1) is 0 Å². The van der Waals surface area contributed by atoms with Crippen molar-refractivity contribution in [2.45, 2.75) is 12.8 Å². The first-order valence-electron chi connectivity index (χ1n) is 5.33. The third kappa shape index (κ3) is 5.86. The Balaban J connectivity index is 2.15. The zero-order chi connectivity index (χ0) is 12.8. The molecule has 17 heavy (non-hydrogen) atoms. The molecule has 0 aromatic heterocycles. The van der Waals surface area contributed by atoms with E-state index in [9.17, 15) is 14.4 Å². The minimum Gasteiger partial charge on any atom is -0.480 e. The summed E-state index contributed by atoms with van der Waals surface area (Å²) in [6, 6.07) is -0.485. The fourth-order valence-electron chi connectivity index (χ4n) is 1.25. The van der Waals surface area contributed by atoms with E-state index in [1.807, 2.05) is 0 Å². The van der Waals surface area contributed by atoms with Gasteiger partial charge < -0.3 is 14.7 Å². The van der Waals surface area contributed by atoms with Gasteiger partial charge in [0.2, 0.25) is 0 Å². The summed E-state index contributed by atoms with van der Waals surface area (Å²) in [5, 5.41) is 10.4. The van der Waals surface area contributed by atoms with Crippen LogP contribution in [0.4, 0.5) is 4.79 Å². The van der Waals surface area contributed by atoms with Crippen LogP contribution < -0.4 is 5.32 Å². The van der Waals surface area contributed by atoms with E-state index in [1.54, 1.807) is 7.05 Å². The Kier molecular flexibility index (Phi) is 4.89. The Bertz CT molecular complexity index is 314. The molecule has 0 aromatic carbocycles. The van der Waals surface area contributed by atoms with E-state index in [0.717, 1.165) is 12.8 Å². The highest BCUT2D eigenvalue weighted by Gasteiger charge is 2.25. The quantitative estimate of drug-likeness (QED) is 0.666. The molecule has 0 saturated heterocycles. The summed E-state index contributed by atoms with van der Waals surface area (Å²) in [4.78, 5) is 34.1. The van der Waals surface area contributed by atoms with Crippen molar-refractivity contribution in [2.24, 2.45) is 5.92 Å². The SMILES string of the molecule is CN(CC1CC1)C(=O)NC(=O)COCC(=O)O. The number of nitrogens with zero attached hydrogens (tertiary/aromatic N) is 1. The number of carbonyl (C=O) groups excluding carboxylic acids is 2. The largest absolute Gasteiger partial charge is 0.480 e. The Morgan fingerprint density at radius 3 is 2.53 bits per heavy atom. The van der Waals surface area contributed by atoms with Gasteiger partial charge in [0.1, 0.15) is 13.2 Å². The molecule has 96 valence electrons. The lowest BCUT2D eigenvalue weighted by Crippen LogP contribution is -2.43. The summed E-state index contributed by atoms with van der Waals surface area (Å²) in [6.07, 6.45) is 2.24. The van der Waals surface area contributed by atoms with Crippen LogP contribution in [-0.2, 0) is 14.3 Å². The summed E-state index contributed by atoms with van der Waals surface area (Å²) < 4.78 is 4.55. The van der Waals surface area contributed by atoms with Gasteiger partial charge in [0, 0.05) is 13.6 Å². The fourth-order valence-corrected chi connectivity index (χ4v) is 1.25. The van der Waals surface area contributed by atoms with Crippen LogP contribution in [0.25, 0.3) is 0 Å². The number of rotatable bonds is 6. The number of carbonyl (C=O) groups is 3. The topological polar surface area (TPSA) is 95.9 Å². The summed E-state index contributed by atoms with van der Waals surface area (Å²) in [5.74, 6) is -1.25. The second-order valence-electron chi connectivity index (χ2n) is 4.06. The Hall–Kier alpha value is -1.63. The second-order valence-corrected chi connectivity index (χ2v) is 4.06. The van der Waals surface area contributed by atoms with Crippen molar-refractivity contribution in [2.75, 3.05) is 26.8 Å². The van der Waals surface area contributed by atoms with Gasteiger partial charge in [-0.25, -0.2) is 9.59 Å². The van der Waals surface area contributed by atoms with Gasteiger partial charge in [-0.1, -0.05) is 0 Å². The summed E-state index contributed by atoms with van der Waals surface area (Å²) in [7, 11) is 1.61. The average Bonchev–Trinajstić information content (AvgIpc) is 3.00. The molecule has 0 aromatic rings. The maximum Gasteiger partial charge on any atom is 0.329 e. The fraction of sp³-hybridized carbons (Fsp3) is 0.700. The smallest absolute Gasteiger partial charge is 0.329 e. The van der Waals surface area contributed by atoms with Gasteiger partial charge in [-0.3, -0.25) is 10.1 Å². The van der Waals surface area contributed by atoms with Gasteiger partial charge in [-0.05, 0) is 18.8 Å². The number of ether oxygens (including phenoxy) is 1. The summed E-state index contributed by atoms with van der Waals surface area (Å²) in [5.41, 5.74) is 0. The Labute approximate surface area is 98.7 Å². The molecule has 0 heterocycles. The number of carboxylic acids is 1. The number of imide groups is 1. The molecular formula is C10H16N2O5. The average molecular weight is 244 g/mol. The van der Waals surface area contributed by atoms with Gasteiger partial charge in [-0.2, -0.15) is 0 Å². The van der Waals surface area contributed by atoms with Crippen molar-refractivity contribution in [1.29, 1.82) is 0 Å². The number of nitrogens with one attached hydrogen (secondary N) is 1. The zero-order valence-electron chi connectivity index (χ0n) is 9.64. The Morgan fingerprint density at radius 1 is 1.35 bits per heavy atom. The van der Waals surface area contributed by atoms with Crippen molar-refractivity contribution in [3.05, 3.63) is 0 Å². The van der Waals surface area contributed by atoms with E-state index < -0.39 is 31.1 Å². The molecule has 1 aliphatic carbocycles. The number of urea groups is 1. The normalized spacial score (nSPS) is 14.2. The van der Waals surface area contributed by atoms with E-state index in [1.165, 1.54) is 4.90 Å². The van der Waals surface area contributed by atoms with Crippen LogP contribution in [0.15, 0.2) is 0 Å². The van der Waals surface area contributed by atoms with Crippen LogP contribution >= 0.6 is 0 Å². The van der Waals surface area contributed by atoms with Crippen molar-refractivity contribution < 1.29 is 24.2 Å². The number of carboxylic acid groups (broad SMARTS) is 1. The monoisotopic (exact) mass is 244 g/mol. The standard InChI is InChI=1S/C10H16N2O5/c1-12(4-7-2-3-7)10(16)11-8(13)5-17-6-9(14)15/h7H,2-6H2,1H3,(H,14,15)(H,11,13,16). The summed E-state index contributed by atoms with van der Waals surface area (Å²) >= 11 is 0. The highest BCUT2D eigenvalue weighted by molar-refractivity contribution is 5.94. The highest BCUT2D eigenvalue weighted by atomic mass is 16.5. The van der Waals surface area contributed by atoms with Crippen LogP contribution in [0.3, 0.4) is 0 Å². The molecule has 0 bridgehead atoms. The van der Waals surface area contributed by atoms with Gasteiger partial charge in [0.25, 0.3) is 5.91 Å². The first kappa shape index (κ1) is 13.4. The molecule has 1 saturated carbocycles. The first-order valence-corrected chi connectivity index (χ1v) is 5.33. The second kappa shape index (κ2) is 6.19. The van der Waals surface area contributed by atoms with Gasteiger partial charge in [0.15, 0.2) is 0 Å². The van der Waals surface area contributed by atoms with Crippen molar-refractivity contribution in [1.82, 2.24) is 10.2 Å². The molecule has 7 heteroatoms. The van der Waals surface area contributed by atoms with E-state index in [-0.39, 0.29) is 0 Å². The molecular weight excluding hydrogens is 228 g/mol. The van der Waals surface area contributed by atoms with Crippen LogP contribution in [0.5, 0.6) is 0 Å². The maximum absolute atomic E-state index is 11.4. The molecule has 0 atom stereocenters. The first-order chi connectivity index (χ1) is 7.99. The molecule has 1 aliphatic rings. The van der Waals surface area contributed by atoms with Crippen LogP contribution in [0, 0.1) is 5.92 Å². The maximum atomic E-state index is 11.4. The van der Waals surface area contributed by atoms with Gasteiger partial charge >= 0.3 is 12.0 Å². The van der Waals surface area contributed by atoms with Crippen LogP contribution in [-0.4, -0.2) is 54.7 Å². The zero-order valence-corrected chi connectivity index (χ0v) is 9.64. The third-order valence-corrected chi connectivity index (χ3v) is 2.28. The minimum absolute atomic E-state index is 0.435. The molecule has 7 nitrogen and oxygen atoms in total. The van der Waals surface area contributed by atoms with E-state index >= 15 is 0 Å². The molecule has 1 rings (SSSR count). The predicted molar refractivity (Wildman–Crippen MR) is 57.3 cm³/mol. The molecule has 2 N–H and O–H groups in total. The number of hydrogen-bond acceptors (Lipinski definition) is 4. The number of hydrogen-bond donors (Lipinski definition) is 2. The molecule has 0 spiro atoms. The van der Waals surface area contributed by atoms with Crippen LogP contribution in [0.1, 0.15) is 12.8 Å². The minimum atomic E-state index is -1.16. The highest BCUT2D eigenvalue weighted by Crippen LogP contribution is 2.29. The Morgan fingerprint density at radius 2 is 2.00 bits per heavy atom. The van der Waals surface area contributed by atoms with Crippen LogP contribution in [0.2, 0.25) is 0 Å². The van der Waals surface area contributed by atoms with E-state index in [2.05, 4.69) is 10.1 Å². The van der Waals surface area contributed by atoms with Gasteiger partial charge in [0.05, 0.1) is 0 Å². The molecule has 3 amide bonds. The molecule has 1 fully saturated rings. The molecule has 0 aliphatic heterocycles. The van der Waals surface area contributed by atoms with E-state index in [4.69, 9.17) is 5.11 Å². The van der Waals surface area contributed by atoms with E-state index in [0.29, 0.717) is 12.5 Å². The number of aliphatic carboxylic acids is 1. The predicted octanol–water partition coefficient (Wildman–Crippen LogP) is -0.334. The summed E-state index contributed by atoms with van der Waals surface area (Å²) in [6.45, 7) is -0.357. The lowest BCUT2D eigenvalue weighted by Gasteiger charge is -2.16. The lowest BCUT2D eigenvalue weighted by atomic mass is 10.4. The molecule has 0 radical (unpaired) electrons. The lowest BCUT2D eigenvalue weighted by molar-refractivity contribution is -0.143. The van der Waals surface area contributed by atoms with Crippen molar-refractivity contribution >= 4 is 17.9 Å². The third-order valence-electron chi connectivity index (χ3n) is 2.28. The van der Waals surface area contributed by atoms with Crippen molar-refractivity contribution in [3.63, 3.8) is 0 Å².